The Morgan fingerprint density at radius 1 is 1.03 bits per heavy atom. The Kier molecular flexibility index (Phi) is 5.86. The van der Waals surface area contributed by atoms with Crippen LogP contribution in [0.5, 0.6) is 0 Å². The van der Waals surface area contributed by atoms with Crippen LogP contribution in [-0.4, -0.2) is 43.5 Å². The third-order valence-corrected chi connectivity index (χ3v) is 5.60. The molecule has 0 spiro atoms. The molecule has 1 aromatic heterocycles. The molecule has 1 N–H and O–H groups in total. The van der Waals surface area contributed by atoms with Crippen LogP contribution in [0.1, 0.15) is 23.0 Å². The van der Waals surface area contributed by atoms with E-state index in [0.717, 1.165) is 49.5 Å². The van der Waals surface area contributed by atoms with Gasteiger partial charge in [-0.05, 0) is 73.6 Å². The van der Waals surface area contributed by atoms with E-state index in [4.69, 9.17) is 4.42 Å². The molecule has 0 radical (unpaired) electrons. The van der Waals surface area contributed by atoms with Crippen molar-refractivity contribution in [3.05, 3.63) is 71.7 Å². The number of anilines is 2. The fourth-order valence-electron chi connectivity index (χ4n) is 3.72. The molecule has 0 bridgehead atoms. The van der Waals surface area contributed by atoms with Gasteiger partial charge in [0.25, 0.3) is 5.91 Å². The summed E-state index contributed by atoms with van der Waals surface area (Å²) in [5.74, 6) is 0.122. The SMILES string of the molecule is CCN1CCN(c2ccc(NC(=O)c3ccc(-c4ccc(F)cc4)o3)c(C)c2)CC1. The predicted molar refractivity (Wildman–Crippen MR) is 118 cm³/mol. The number of rotatable bonds is 5. The summed E-state index contributed by atoms with van der Waals surface area (Å²) in [4.78, 5) is 17.5. The number of likely N-dealkylation sites (N-methyl/N-ethyl adjacent to an activating group) is 1. The topological polar surface area (TPSA) is 48.7 Å². The van der Waals surface area contributed by atoms with Crippen molar-refractivity contribution < 1.29 is 13.6 Å². The molecule has 6 heteroatoms. The van der Waals surface area contributed by atoms with Gasteiger partial charge in [0.05, 0.1) is 0 Å². The number of hydrogen-bond acceptors (Lipinski definition) is 4. The minimum Gasteiger partial charge on any atom is -0.451 e. The van der Waals surface area contributed by atoms with Crippen LogP contribution >= 0.6 is 0 Å². The summed E-state index contributed by atoms with van der Waals surface area (Å²) < 4.78 is 18.8. The first-order valence-electron chi connectivity index (χ1n) is 10.3. The van der Waals surface area contributed by atoms with Crippen LogP contribution in [0.15, 0.2) is 59.0 Å². The number of nitrogens with zero attached hydrogens (tertiary/aromatic N) is 2. The van der Waals surface area contributed by atoms with E-state index >= 15 is 0 Å². The zero-order valence-electron chi connectivity index (χ0n) is 17.3. The molecule has 3 aromatic rings. The largest absolute Gasteiger partial charge is 0.451 e. The van der Waals surface area contributed by atoms with Gasteiger partial charge in [-0.2, -0.15) is 0 Å². The van der Waals surface area contributed by atoms with E-state index in [9.17, 15) is 9.18 Å². The number of nitrogens with one attached hydrogen (secondary N) is 1. The second kappa shape index (κ2) is 8.71. The maximum absolute atomic E-state index is 13.1. The number of amides is 1. The van der Waals surface area contributed by atoms with E-state index in [1.807, 2.05) is 13.0 Å². The van der Waals surface area contributed by atoms with Gasteiger partial charge >= 0.3 is 0 Å². The second-order valence-corrected chi connectivity index (χ2v) is 7.55. The van der Waals surface area contributed by atoms with Crippen molar-refractivity contribution in [2.45, 2.75) is 13.8 Å². The molecule has 1 fully saturated rings. The van der Waals surface area contributed by atoms with Gasteiger partial charge in [-0.25, -0.2) is 4.39 Å². The fourth-order valence-corrected chi connectivity index (χ4v) is 3.72. The van der Waals surface area contributed by atoms with Crippen LogP contribution in [0.25, 0.3) is 11.3 Å². The summed E-state index contributed by atoms with van der Waals surface area (Å²) in [6.07, 6.45) is 0. The van der Waals surface area contributed by atoms with Gasteiger partial charge in [0.1, 0.15) is 11.6 Å². The molecule has 1 aliphatic heterocycles. The van der Waals surface area contributed by atoms with Crippen LogP contribution in [0.2, 0.25) is 0 Å². The van der Waals surface area contributed by atoms with Crippen molar-refractivity contribution in [3.63, 3.8) is 0 Å². The molecule has 2 aromatic carbocycles. The molecule has 1 amide bonds. The third kappa shape index (κ3) is 4.39. The summed E-state index contributed by atoms with van der Waals surface area (Å²) in [5.41, 5.74) is 3.66. The van der Waals surface area contributed by atoms with Crippen molar-refractivity contribution in [2.75, 3.05) is 42.9 Å². The Morgan fingerprint density at radius 2 is 1.77 bits per heavy atom. The van der Waals surface area contributed by atoms with Gasteiger partial charge in [-0.15, -0.1) is 0 Å². The van der Waals surface area contributed by atoms with Gasteiger partial charge < -0.3 is 19.5 Å². The maximum Gasteiger partial charge on any atom is 0.291 e. The molecule has 1 aliphatic rings. The van der Waals surface area contributed by atoms with Gasteiger partial charge in [-0.1, -0.05) is 6.92 Å². The minimum absolute atomic E-state index is 0.216. The Hall–Kier alpha value is -3.12. The summed E-state index contributed by atoms with van der Waals surface area (Å²) in [7, 11) is 0. The van der Waals surface area contributed by atoms with E-state index in [1.54, 1.807) is 24.3 Å². The fraction of sp³-hybridized carbons (Fsp3) is 0.292. The van der Waals surface area contributed by atoms with Crippen LogP contribution in [0.3, 0.4) is 0 Å². The smallest absolute Gasteiger partial charge is 0.291 e. The van der Waals surface area contributed by atoms with Gasteiger partial charge in [0.2, 0.25) is 0 Å². The molecule has 2 heterocycles. The highest BCUT2D eigenvalue weighted by Crippen LogP contribution is 2.26. The lowest BCUT2D eigenvalue weighted by Gasteiger charge is -2.35. The number of aryl methyl sites for hydroxylation is 1. The zero-order chi connectivity index (χ0) is 21.1. The second-order valence-electron chi connectivity index (χ2n) is 7.55. The molecular formula is C24H26FN3O2. The quantitative estimate of drug-likeness (QED) is 0.661. The summed E-state index contributed by atoms with van der Waals surface area (Å²) in [5, 5.41) is 2.93. The molecule has 30 heavy (non-hydrogen) atoms. The molecular weight excluding hydrogens is 381 g/mol. The molecule has 0 aliphatic carbocycles. The monoisotopic (exact) mass is 407 g/mol. The lowest BCUT2D eigenvalue weighted by atomic mass is 10.1. The number of halogens is 1. The van der Waals surface area contributed by atoms with Crippen molar-refractivity contribution in [1.29, 1.82) is 0 Å². The minimum atomic E-state index is -0.311. The van der Waals surface area contributed by atoms with Crippen LogP contribution < -0.4 is 10.2 Å². The lowest BCUT2D eigenvalue weighted by Crippen LogP contribution is -2.46. The van der Waals surface area contributed by atoms with Gasteiger partial charge in [0, 0.05) is 43.1 Å². The lowest BCUT2D eigenvalue weighted by molar-refractivity contribution is 0.0997. The number of piperazine rings is 1. The predicted octanol–water partition coefficient (Wildman–Crippen LogP) is 4.79. The number of furan rings is 1. The highest BCUT2D eigenvalue weighted by atomic mass is 19.1. The average molecular weight is 407 g/mol. The first kappa shape index (κ1) is 20.2. The Labute approximate surface area is 176 Å². The van der Waals surface area contributed by atoms with E-state index in [2.05, 4.69) is 34.2 Å². The maximum atomic E-state index is 13.1. The number of benzene rings is 2. The molecule has 0 saturated carbocycles. The highest BCUT2D eigenvalue weighted by Gasteiger charge is 2.18. The molecule has 0 unspecified atom stereocenters. The highest BCUT2D eigenvalue weighted by molar-refractivity contribution is 6.03. The summed E-state index contributed by atoms with van der Waals surface area (Å²) in [6.45, 7) is 9.45. The van der Waals surface area contributed by atoms with Gasteiger partial charge in [-0.3, -0.25) is 4.79 Å². The first-order valence-corrected chi connectivity index (χ1v) is 10.3. The van der Waals surface area contributed by atoms with Crippen LogP contribution in [0.4, 0.5) is 15.8 Å². The van der Waals surface area contributed by atoms with Crippen LogP contribution in [0, 0.1) is 12.7 Å². The van der Waals surface area contributed by atoms with Gasteiger partial charge in [0.15, 0.2) is 5.76 Å². The third-order valence-electron chi connectivity index (χ3n) is 5.60. The van der Waals surface area contributed by atoms with E-state index in [-0.39, 0.29) is 17.5 Å². The Morgan fingerprint density at radius 3 is 2.43 bits per heavy atom. The van der Waals surface area contributed by atoms with Crippen molar-refractivity contribution >= 4 is 17.3 Å². The standard InChI is InChI=1S/C24H26FN3O2/c1-3-27-12-14-28(15-13-27)20-8-9-21(17(2)16-20)26-24(29)23-11-10-22(30-23)18-4-6-19(25)7-5-18/h4-11,16H,3,12-15H2,1-2H3,(H,26,29). The first-order chi connectivity index (χ1) is 14.5. The number of carbonyl (C=O) groups is 1. The van der Waals surface area contributed by atoms with E-state index < -0.39 is 0 Å². The van der Waals surface area contributed by atoms with E-state index in [1.165, 1.54) is 17.8 Å². The molecule has 0 atom stereocenters. The molecule has 4 rings (SSSR count). The Balaban J connectivity index is 1.43. The average Bonchev–Trinajstić information content (AvgIpc) is 3.26. The molecule has 1 saturated heterocycles. The Bertz CT molecular complexity index is 1020. The number of carbonyl (C=O) groups excluding carboxylic acids is 1. The normalized spacial score (nSPS) is 14.7. The van der Waals surface area contributed by atoms with Crippen molar-refractivity contribution in [2.24, 2.45) is 0 Å². The summed E-state index contributed by atoms with van der Waals surface area (Å²) in [6, 6.07) is 15.4. The van der Waals surface area contributed by atoms with Crippen molar-refractivity contribution in [3.8, 4) is 11.3 Å². The molecule has 156 valence electrons. The number of hydrogen-bond donors (Lipinski definition) is 1. The zero-order valence-corrected chi connectivity index (χ0v) is 17.3. The summed E-state index contributed by atoms with van der Waals surface area (Å²) >= 11 is 0. The van der Waals surface area contributed by atoms with E-state index in [0.29, 0.717) is 5.76 Å². The van der Waals surface area contributed by atoms with Crippen LogP contribution in [-0.2, 0) is 0 Å². The molecule has 5 nitrogen and oxygen atoms in total. The van der Waals surface area contributed by atoms with Crippen molar-refractivity contribution in [1.82, 2.24) is 4.90 Å².